The summed E-state index contributed by atoms with van der Waals surface area (Å²) in [6.07, 6.45) is 0. The predicted molar refractivity (Wildman–Crippen MR) is 89.7 cm³/mol. The molecule has 0 bridgehead atoms. The fourth-order valence-electron chi connectivity index (χ4n) is 3.04. The molecule has 0 saturated heterocycles. The molecule has 0 radical (unpaired) electrons. The summed E-state index contributed by atoms with van der Waals surface area (Å²) in [5.74, 6) is 0.649. The molecule has 0 unspecified atom stereocenters. The fourth-order valence-corrected chi connectivity index (χ4v) is 4.56. The molecule has 0 aromatic heterocycles. The number of sulfonamides is 1. The highest BCUT2D eigenvalue weighted by molar-refractivity contribution is 7.92. The fraction of sp³-hybridized carbons (Fsp3) is 0.333. The van der Waals surface area contributed by atoms with Gasteiger partial charge in [-0.05, 0) is 36.6 Å². The lowest BCUT2D eigenvalue weighted by molar-refractivity contribution is 0.522. The number of hydrogen-bond donors (Lipinski definition) is 0. The molecule has 0 saturated carbocycles. The van der Waals surface area contributed by atoms with E-state index in [1.807, 2.05) is 43.3 Å². The van der Waals surface area contributed by atoms with Gasteiger partial charge >= 0.3 is 0 Å². The van der Waals surface area contributed by atoms with Crippen LogP contribution < -0.4 is 4.31 Å². The van der Waals surface area contributed by atoms with Gasteiger partial charge in [-0.15, -0.1) is 0 Å². The van der Waals surface area contributed by atoms with Crippen molar-refractivity contribution in [3.05, 3.63) is 59.7 Å². The Morgan fingerprint density at radius 3 is 2.32 bits per heavy atom. The Hall–Kier alpha value is -1.81. The number of anilines is 1. The van der Waals surface area contributed by atoms with Crippen LogP contribution in [0.5, 0.6) is 0 Å². The van der Waals surface area contributed by atoms with Crippen LogP contribution in [0.4, 0.5) is 5.69 Å². The van der Waals surface area contributed by atoms with Crippen LogP contribution in [0.2, 0.25) is 0 Å². The van der Waals surface area contributed by atoms with Crippen molar-refractivity contribution in [3.63, 3.8) is 0 Å². The highest BCUT2D eigenvalue weighted by Gasteiger charge is 2.37. The lowest BCUT2D eigenvalue weighted by Gasteiger charge is -2.21. The highest BCUT2D eigenvalue weighted by atomic mass is 32.2. The molecule has 2 aromatic carbocycles. The molecule has 2 aromatic rings. The third-order valence-electron chi connectivity index (χ3n) is 4.38. The number of rotatable bonds is 3. The Kier molecular flexibility index (Phi) is 3.73. The summed E-state index contributed by atoms with van der Waals surface area (Å²) in [7, 11) is -3.50. The maximum atomic E-state index is 13.0. The number of fused-ring (bicyclic) bond motifs is 1. The first-order valence-corrected chi connectivity index (χ1v) is 9.03. The molecule has 0 fully saturated rings. The summed E-state index contributed by atoms with van der Waals surface area (Å²) in [6.45, 7) is 6.76. The van der Waals surface area contributed by atoms with Crippen LogP contribution in [0, 0.1) is 12.8 Å². The summed E-state index contributed by atoms with van der Waals surface area (Å²) in [5, 5.41) is 0. The van der Waals surface area contributed by atoms with Gasteiger partial charge in [0.05, 0.1) is 10.6 Å². The van der Waals surface area contributed by atoms with Crippen molar-refractivity contribution in [1.29, 1.82) is 0 Å². The van der Waals surface area contributed by atoms with Crippen molar-refractivity contribution < 1.29 is 8.42 Å². The molecule has 1 aliphatic rings. The number of benzene rings is 2. The molecule has 116 valence electrons. The van der Waals surface area contributed by atoms with Crippen LogP contribution in [-0.2, 0) is 10.0 Å². The summed E-state index contributed by atoms with van der Waals surface area (Å²) in [6, 6.07) is 14.9. The monoisotopic (exact) mass is 315 g/mol. The minimum atomic E-state index is -3.50. The topological polar surface area (TPSA) is 37.4 Å². The lowest BCUT2D eigenvalue weighted by Crippen LogP contribution is -2.30. The first-order chi connectivity index (χ1) is 10.4. The molecule has 0 spiro atoms. The van der Waals surface area contributed by atoms with Crippen molar-refractivity contribution in [3.8, 4) is 0 Å². The van der Waals surface area contributed by atoms with E-state index in [2.05, 4.69) is 13.8 Å². The molecule has 0 N–H and O–H groups in total. The Morgan fingerprint density at radius 2 is 1.68 bits per heavy atom. The van der Waals surface area contributed by atoms with Crippen LogP contribution >= 0.6 is 0 Å². The van der Waals surface area contributed by atoms with Gasteiger partial charge in [-0.3, -0.25) is 4.31 Å². The third kappa shape index (κ3) is 2.41. The SMILES string of the molecule is Cc1ccc(S(=O)(=O)N2C[C@@H](C(C)C)c3ccccc32)cc1. The zero-order valence-corrected chi connectivity index (χ0v) is 14.0. The average Bonchev–Trinajstić information content (AvgIpc) is 2.88. The van der Waals surface area contributed by atoms with Crippen LogP contribution in [0.25, 0.3) is 0 Å². The van der Waals surface area contributed by atoms with Gasteiger partial charge in [0.15, 0.2) is 0 Å². The first kappa shape index (κ1) is 15.1. The maximum Gasteiger partial charge on any atom is 0.264 e. The van der Waals surface area contributed by atoms with E-state index < -0.39 is 10.0 Å². The molecular weight excluding hydrogens is 294 g/mol. The molecule has 1 atom stereocenters. The maximum absolute atomic E-state index is 13.0. The van der Waals surface area contributed by atoms with E-state index in [0.717, 1.165) is 16.8 Å². The second-order valence-corrected chi connectivity index (χ2v) is 8.12. The van der Waals surface area contributed by atoms with Crippen molar-refractivity contribution in [1.82, 2.24) is 0 Å². The molecule has 0 amide bonds. The number of para-hydroxylation sites is 1. The van der Waals surface area contributed by atoms with E-state index in [0.29, 0.717) is 17.4 Å². The zero-order chi connectivity index (χ0) is 15.9. The summed E-state index contributed by atoms with van der Waals surface area (Å²) < 4.78 is 27.6. The third-order valence-corrected chi connectivity index (χ3v) is 6.18. The largest absolute Gasteiger partial charge is 0.265 e. The van der Waals surface area contributed by atoms with E-state index >= 15 is 0 Å². The number of nitrogens with zero attached hydrogens (tertiary/aromatic N) is 1. The van der Waals surface area contributed by atoms with Gasteiger partial charge < -0.3 is 0 Å². The van der Waals surface area contributed by atoms with Crippen LogP contribution in [-0.4, -0.2) is 15.0 Å². The van der Waals surface area contributed by atoms with Gasteiger partial charge in [0, 0.05) is 12.5 Å². The van der Waals surface area contributed by atoms with E-state index in [9.17, 15) is 8.42 Å². The average molecular weight is 315 g/mol. The second-order valence-electron chi connectivity index (χ2n) is 6.26. The minimum Gasteiger partial charge on any atom is -0.265 e. The van der Waals surface area contributed by atoms with E-state index in [-0.39, 0.29) is 5.92 Å². The summed E-state index contributed by atoms with van der Waals surface area (Å²) in [4.78, 5) is 0.359. The second kappa shape index (κ2) is 5.43. The van der Waals surface area contributed by atoms with E-state index in [4.69, 9.17) is 0 Å². The van der Waals surface area contributed by atoms with Gasteiger partial charge in [0.1, 0.15) is 0 Å². The van der Waals surface area contributed by atoms with Gasteiger partial charge in [-0.25, -0.2) is 8.42 Å². The predicted octanol–water partition coefficient (Wildman–Crippen LogP) is 3.94. The van der Waals surface area contributed by atoms with Crippen LogP contribution in [0.15, 0.2) is 53.4 Å². The molecule has 1 aliphatic heterocycles. The zero-order valence-electron chi connectivity index (χ0n) is 13.2. The van der Waals surface area contributed by atoms with E-state index in [1.54, 1.807) is 16.4 Å². The van der Waals surface area contributed by atoms with Gasteiger partial charge in [-0.2, -0.15) is 0 Å². The quantitative estimate of drug-likeness (QED) is 0.860. The molecule has 1 heterocycles. The van der Waals surface area contributed by atoms with Gasteiger partial charge in [0.25, 0.3) is 10.0 Å². The molecular formula is C18H21NO2S. The Morgan fingerprint density at radius 1 is 1.05 bits per heavy atom. The highest BCUT2D eigenvalue weighted by Crippen LogP contribution is 2.42. The Bertz CT molecular complexity index is 779. The van der Waals surface area contributed by atoms with Crippen molar-refractivity contribution >= 4 is 15.7 Å². The smallest absolute Gasteiger partial charge is 0.264 e. The number of aryl methyl sites for hydroxylation is 1. The molecule has 3 nitrogen and oxygen atoms in total. The van der Waals surface area contributed by atoms with Gasteiger partial charge in [0.2, 0.25) is 0 Å². The minimum absolute atomic E-state index is 0.247. The van der Waals surface area contributed by atoms with Crippen LogP contribution in [0.1, 0.15) is 30.9 Å². The Balaban J connectivity index is 2.07. The van der Waals surface area contributed by atoms with Gasteiger partial charge in [-0.1, -0.05) is 49.7 Å². The first-order valence-electron chi connectivity index (χ1n) is 7.59. The lowest BCUT2D eigenvalue weighted by atomic mass is 9.90. The van der Waals surface area contributed by atoms with Crippen LogP contribution in [0.3, 0.4) is 0 Å². The number of hydrogen-bond acceptors (Lipinski definition) is 2. The van der Waals surface area contributed by atoms with Crippen molar-refractivity contribution in [2.45, 2.75) is 31.6 Å². The molecule has 3 rings (SSSR count). The standard InChI is InChI=1S/C18H21NO2S/c1-13(2)17-12-19(18-7-5-4-6-16(17)18)22(20,21)15-10-8-14(3)9-11-15/h4-11,13,17H,12H2,1-3H3/t17-/m0/s1. The molecule has 22 heavy (non-hydrogen) atoms. The summed E-state index contributed by atoms with van der Waals surface area (Å²) in [5.41, 5.74) is 3.01. The van der Waals surface area contributed by atoms with Crippen molar-refractivity contribution in [2.24, 2.45) is 5.92 Å². The summed E-state index contributed by atoms with van der Waals surface area (Å²) >= 11 is 0. The normalized spacial score (nSPS) is 17.8. The Labute approximate surface area is 132 Å². The van der Waals surface area contributed by atoms with Crippen molar-refractivity contribution in [2.75, 3.05) is 10.8 Å². The molecule has 0 aliphatic carbocycles. The van der Waals surface area contributed by atoms with E-state index in [1.165, 1.54) is 0 Å². The molecule has 4 heteroatoms.